The fourth-order valence-electron chi connectivity index (χ4n) is 1.93. The van der Waals surface area contributed by atoms with Gasteiger partial charge in [-0.3, -0.25) is 4.79 Å². The second kappa shape index (κ2) is 6.95. The van der Waals surface area contributed by atoms with Crippen molar-refractivity contribution in [3.63, 3.8) is 0 Å². The number of rotatable bonds is 4. The fourth-order valence-corrected chi connectivity index (χ4v) is 2.18. The van der Waals surface area contributed by atoms with Crippen LogP contribution in [0.5, 0.6) is 0 Å². The topological polar surface area (TPSA) is 78.4 Å². The highest BCUT2D eigenvalue weighted by atomic mass is 35.5. The highest BCUT2D eigenvalue weighted by molar-refractivity contribution is 6.33. The van der Waals surface area contributed by atoms with Crippen LogP contribution < -0.4 is 10.6 Å². The minimum absolute atomic E-state index is 0.116. The molecular weight excluding hydrogens is 304 g/mol. The molecule has 114 valence electrons. The zero-order valence-electron chi connectivity index (χ0n) is 11.9. The number of nitrogens with one attached hydrogen (secondary N) is 2. The monoisotopic (exact) mass is 318 g/mol. The number of amides is 2. The number of carbonyl (C=O) groups is 2. The molecule has 0 aliphatic rings. The molecule has 0 heterocycles. The molecule has 6 heteroatoms. The van der Waals surface area contributed by atoms with Crippen molar-refractivity contribution >= 4 is 35.0 Å². The van der Waals surface area contributed by atoms with Crippen LogP contribution >= 0.6 is 11.6 Å². The number of hydrogen-bond acceptors (Lipinski definition) is 2. The van der Waals surface area contributed by atoms with E-state index in [2.05, 4.69) is 10.6 Å². The molecule has 5 nitrogen and oxygen atoms in total. The van der Waals surface area contributed by atoms with Crippen molar-refractivity contribution in [3.8, 4) is 0 Å². The van der Waals surface area contributed by atoms with Gasteiger partial charge < -0.3 is 15.7 Å². The number of carboxylic acids is 1. The summed E-state index contributed by atoms with van der Waals surface area (Å²) in [7, 11) is 0. The third kappa shape index (κ3) is 4.23. The largest absolute Gasteiger partial charge is 0.481 e. The Bertz CT molecular complexity index is 716. The number of hydrogen-bond donors (Lipinski definition) is 3. The van der Waals surface area contributed by atoms with Crippen LogP contribution in [0.25, 0.3) is 0 Å². The average molecular weight is 319 g/mol. The second-order valence-electron chi connectivity index (χ2n) is 4.78. The lowest BCUT2D eigenvalue weighted by atomic mass is 10.1. The van der Waals surface area contributed by atoms with Crippen LogP contribution in [0.2, 0.25) is 5.02 Å². The van der Waals surface area contributed by atoms with Crippen molar-refractivity contribution in [3.05, 3.63) is 58.6 Å². The van der Waals surface area contributed by atoms with Crippen molar-refractivity contribution in [2.75, 3.05) is 10.6 Å². The molecule has 0 atom stereocenters. The third-order valence-electron chi connectivity index (χ3n) is 3.03. The van der Waals surface area contributed by atoms with Gasteiger partial charge >= 0.3 is 12.0 Å². The molecule has 2 rings (SSSR count). The summed E-state index contributed by atoms with van der Waals surface area (Å²) in [6.07, 6.45) is -0.116. The van der Waals surface area contributed by atoms with Gasteiger partial charge in [-0.05, 0) is 36.2 Å². The van der Waals surface area contributed by atoms with Crippen LogP contribution in [0.15, 0.2) is 42.5 Å². The molecule has 0 unspecified atom stereocenters. The zero-order valence-corrected chi connectivity index (χ0v) is 12.6. The van der Waals surface area contributed by atoms with Gasteiger partial charge in [0.25, 0.3) is 0 Å². The molecule has 0 bridgehead atoms. The van der Waals surface area contributed by atoms with Crippen LogP contribution in [-0.4, -0.2) is 17.1 Å². The van der Waals surface area contributed by atoms with Crippen molar-refractivity contribution in [1.82, 2.24) is 0 Å². The van der Waals surface area contributed by atoms with Gasteiger partial charge in [-0.2, -0.15) is 0 Å². The predicted molar refractivity (Wildman–Crippen MR) is 86.6 cm³/mol. The molecule has 0 aliphatic carbocycles. The predicted octanol–water partition coefficient (Wildman–Crippen LogP) is 3.92. The lowest BCUT2D eigenvalue weighted by Gasteiger charge is -2.11. The number of halogens is 1. The minimum Gasteiger partial charge on any atom is -0.481 e. The van der Waals surface area contributed by atoms with Crippen LogP contribution in [0.1, 0.15) is 11.1 Å². The Hall–Kier alpha value is -2.53. The van der Waals surface area contributed by atoms with Gasteiger partial charge in [0.15, 0.2) is 0 Å². The smallest absolute Gasteiger partial charge is 0.323 e. The SMILES string of the molecule is Cc1ccccc1NC(=O)Nc1ccc(CC(=O)O)cc1Cl. The summed E-state index contributed by atoms with van der Waals surface area (Å²) in [6.45, 7) is 1.89. The van der Waals surface area contributed by atoms with E-state index in [4.69, 9.17) is 16.7 Å². The van der Waals surface area contributed by atoms with Crippen molar-refractivity contribution in [1.29, 1.82) is 0 Å². The van der Waals surface area contributed by atoms with E-state index in [-0.39, 0.29) is 6.42 Å². The molecule has 0 fully saturated rings. The van der Waals surface area contributed by atoms with Crippen LogP contribution in [0.3, 0.4) is 0 Å². The number of urea groups is 1. The van der Waals surface area contributed by atoms with Gasteiger partial charge in [-0.15, -0.1) is 0 Å². The molecule has 0 saturated heterocycles. The number of carboxylic acid groups (broad SMARTS) is 1. The molecule has 22 heavy (non-hydrogen) atoms. The van der Waals surface area contributed by atoms with E-state index in [0.717, 1.165) is 5.56 Å². The summed E-state index contributed by atoms with van der Waals surface area (Å²) in [5.74, 6) is -0.936. The van der Waals surface area contributed by atoms with E-state index in [1.54, 1.807) is 18.2 Å². The minimum atomic E-state index is -0.936. The van der Waals surface area contributed by atoms with Gasteiger partial charge in [0, 0.05) is 5.69 Å². The molecule has 0 radical (unpaired) electrons. The molecule has 0 aliphatic heterocycles. The number of benzene rings is 2. The number of aliphatic carboxylic acids is 1. The number of carbonyl (C=O) groups excluding carboxylic acids is 1. The van der Waals surface area contributed by atoms with Crippen molar-refractivity contribution in [2.45, 2.75) is 13.3 Å². The molecule has 0 saturated carbocycles. The first-order valence-corrected chi connectivity index (χ1v) is 6.97. The van der Waals surface area contributed by atoms with E-state index in [0.29, 0.717) is 22.0 Å². The Morgan fingerprint density at radius 3 is 2.41 bits per heavy atom. The lowest BCUT2D eigenvalue weighted by Crippen LogP contribution is -2.20. The van der Waals surface area contributed by atoms with E-state index in [1.165, 1.54) is 6.07 Å². The van der Waals surface area contributed by atoms with Crippen LogP contribution in [0.4, 0.5) is 16.2 Å². The first-order chi connectivity index (χ1) is 10.5. The van der Waals surface area contributed by atoms with Crippen molar-refractivity contribution < 1.29 is 14.7 Å². The molecule has 2 aromatic carbocycles. The molecule has 0 aromatic heterocycles. The standard InChI is InChI=1S/C16H15ClN2O3/c1-10-4-2-3-5-13(10)18-16(22)19-14-7-6-11(8-12(14)17)9-15(20)21/h2-8H,9H2,1H3,(H,20,21)(H2,18,19,22). The van der Waals surface area contributed by atoms with Crippen molar-refractivity contribution in [2.24, 2.45) is 0 Å². The van der Waals surface area contributed by atoms with E-state index >= 15 is 0 Å². The Morgan fingerprint density at radius 1 is 1.09 bits per heavy atom. The summed E-state index contributed by atoms with van der Waals surface area (Å²) in [5, 5.41) is 14.4. The number of anilines is 2. The van der Waals surface area contributed by atoms with E-state index < -0.39 is 12.0 Å². The van der Waals surface area contributed by atoms with E-state index in [1.807, 2.05) is 25.1 Å². The summed E-state index contributed by atoms with van der Waals surface area (Å²) in [4.78, 5) is 22.6. The maximum absolute atomic E-state index is 12.0. The van der Waals surface area contributed by atoms with Gasteiger partial charge in [0.1, 0.15) is 0 Å². The zero-order chi connectivity index (χ0) is 16.1. The fraction of sp³-hybridized carbons (Fsp3) is 0.125. The van der Waals surface area contributed by atoms with Gasteiger partial charge in [0.2, 0.25) is 0 Å². The summed E-state index contributed by atoms with van der Waals surface area (Å²) in [6, 6.07) is 11.7. The lowest BCUT2D eigenvalue weighted by molar-refractivity contribution is -0.136. The number of aryl methyl sites for hydroxylation is 1. The Kier molecular flexibility index (Phi) is 5.01. The summed E-state index contributed by atoms with van der Waals surface area (Å²) in [5.41, 5.74) is 2.64. The molecular formula is C16H15ClN2O3. The Balaban J connectivity index is 2.05. The first-order valence-electron chi connectivity index (χ1n) is 6.59. The van der Waals surface area contributed by atoms with Gasteiger partial charge in [-0.25, -0.2) is 4.79 Å². The normalized spacial score (nSPS) is 10.1. The maximum Gasteiger partial charge on any atom is 0.323 e. The molecule has 3 N–H and O–H groups in total. The van der Waals surface area contributed by atoms with Crippen LogP contribution in [-0.2, 0) is 11.2 Å². The Morgan fingerprint density at radius 2 is 1.77 bits per heavy atom. The molecule has 2 aromatic rings. The molecule has 2 amide bonds. The first kappa shape index (κ1) is 15.9. The summed E-state index contributed by atoms with van der Waals surface area (Å²) < 4.78 is 0. The summed E-state index contributed by atoms with van der Waals surface area (Å²) >= 11 is 6.06. The second-order valence-corrected chi connectivity index (χ2v) is 5.19. The van der Waals surface area contributed by atoms with Crippen LogP contribution in [0, 0.1) is 6.92 Å². The molecule has 0 spiro atoms. The number of para-hydroxylation sites is 1. The highest BCUT2D eigenvalue weighted by Gasteiger charge is 2.09. The maximum atomic E-state index is 12.0. The van der Waals surface area contributed by atoms with E-state index in [9.17, 15) is 9.59 Å². The Labute approximate surface area is 132 Å². The quantitative estimate of drug-likeness (QED) is 0.799. The highest BCUT2D eigenvalue weighted by Crippen LogP contribution is 2.24. The average Bonchev–Trinajstić information content (AvgIpc) is 2.44. The van der Waals surface area contributed by atoms with Gasteiger partial charge in [0.05, 0.1) is 17.1 Å². The van der Waals surface area contributed by atoms with Gasteiger partial charge in [-0.1, -0.05) is 35.9 Å². The third-order valence-corrected chi connectivity index (χ3v) is 3.34.